The number of rotatable bonds is 5. The molecule has 1 amide bonds. The third kappa shape index (κ3) is 4.08. The first kappa shape index (κ1) is 15.2. The van der Waals surface area contributed by atoms with Crippen molar-refractivity contribution in [1.29, 1.82) is 5.26 Å². The molecule has 0 heterocycles. The number of nitrogens with one attached hydrogen (secondary N) is 1. The number of hydrogen-bond donors (Lipinski definition) is 1. The van der Waals surface area contributed by atoms with Crippen LogP contribution in [0.1, 0.15) is 31.9 Å². The van der Waals surface area contributed by atoms with Crippen LogP contribution in [0.4, 0.5) is 0 Å². The van der Waals surface area contributed by atoms with Crippen molar-refractivity contribution in [2.24, 2.45) is 0 Å². The number of carbonyl (C=O) groups excluding carboxylic acids is 1. The van der Waals surface area contributed by atoms with Crippen LogP contribution in [0.2, 0.25) is 0 Å². The van der Waals surface area contributed by atoms with Crippen LogP contribution >= 0.6 is 0 Å². The van der Waals surface area contributed by atoms with Crippen molar-refractivity contribution in [3.8, 4) is 6.07 Å². The summed E-state index contributed by atoms with van der Waals surface area (Å²) in [5.41, 5.74) is 1.00. The number of hydrogen-bond acceptors (Lipinski definition) is 3. The fraction of sp³-hybridized carbons (Fsp3) is 0.467. The van der Waals surface area contributed by atoms with Crippen molar-refractivity contribution < 1.29 is 4.79 Å². The highest BCUT2D eigenvalue weighted by Crippen LogP contribution is 2.11. The largest absolute Gasteiger partial charge is 0.340 e. The van der Waals surface area contributed by atoms with Crippen molar-refractivity contribution >= 4 is 5.91 Å². The highest BCUT2D eigenvalue weighted by Gasteiger charge is 2.29. The van der Waals surface area contributed by atoms with E-state index in [1.807, 2.05) is 39.0 Å². The highest BCUT2D eigenvalue weighted by molar-refractivity contribution is 5.85. The first-order chi connectivity index (χ1) is 8.90. The molecule has 0 aliphatic carbocycles. The summed E-state index contributed by atoms with van der Waals surface area (Å²) in [7, 11) is 1.78. The Morgan fingerprint density at radius 3 is 2.74 bits per heavy atom. The van der Waals surface area contributed by atoms with E-state index >= 15 is 0 Å². The summed E-state index contributed by atoms with van der Waals surface area (Å²) in [6.45, 7) is 6.98. The molecule has 0 aromatic heterocycles. The molecule has 1 rings (SSSR count). The molecule has 0 saturated carbocycles. The Bertz CT molecular complexity index is 488. The summed E-state index contributed by atoms with van der Waals surface area (Å²) in [5, 5.41) is 12.0. The smallest absolute Gasteiger partial charge is 0.242 e. The SMILES string of the molecule is CCNC(C)(C)C(=O)N(C)Cc1cccc(C#N)c1. The highest BCUT2D eigenvalue weighted by atomic mass is 16.2. The van der Waals surface area contributed by atoms with Gasteiger partial charge in [-0.15, -0.1) is 0 Å². The Morgan fingerprint density at radius 1 is 1.47 bits per heavy atom. The van der Waals surface area contributed by atoms with Gasteiger partial charge in [0.1, 0.15) is 0 Å². The standard InChI is InChI=1S/C15H21N3O/c1-5-17-15(2,3)14(19)18(4)11-13-8-6-7-12(9-13)10-16/h6-9,17H,5,11H2,1-4H3. The van der Waals surface area contributed by atoms with Crippen LogP contribution in [-0.4, -0.2) is 29.9 Å². The Kier molecular flexibility index (Phi) is 5.08. The molecule has 0 fully saturated rings. The average Bonchev–Trinajstić information content (AvgIpc) is 2.38. The number of benzene rings is 1. The molecule has 0 radical (unpaired) electrons. The van der Waals surface area contributed by atoms with E-state index in [2.05, 4.69) is 11.4 Å². The molecule has 0 spiro atoms. The predicted molar refractivity (Wildman–Crippen MR) is 75.4 cm³/mol. The van der Waals surface area contributed by atoms with E-state index in [0.717, 1.165) is 12.1 Å². The lowest BCUT2D eigenvalue weighted by Crippen LogP contribution is -2.52. The molecule has 1 aromatic rings. The lowest BCUT2D eigenvalue weighted by molar-refractivity contribution is -0.136. The second-order valence-corrected chi connectivity index (χ2v) is 5.13. The van der Waals surface area contributed by atoms with Gasteiger partial charge in [-0.1, -0.05) is 19.1 Å². The van der Waals surface area contributed by atoms with Gasteiger partial charge >= 0.3 is 0 Å². The van der Waals surface area contributed by atoms with Gasteiger partial charge in [0.25, 0.3) is 0 Å². The van der Waals surface area contributed by atoms with E-state index in [1.165, 1.54) is 0 Å². The van der Waals surface area contributed by atoms with Crippen LogP contribution in [0.25, 0.3) is 0 Å². The molecule has 0 saturated heterocycles. The fourth-order valence-electron chi connectivity index (χ4n) is 2.08. The minimum Gasteiger partial charge on any atom is -0.340 e. The first-order valence-electron chi connectivity index (χ1n) is 6.40. The quantitative estimate of drug-likeness (QED) is 0.878. The van der Waals surface area contributed by atoms with E-state index in [9.17, 15) is 4.79 Å². The van der Waals surface area contributed by atoms with Crippen molar-refractivity contribution in [1.82, 2.24) is 10.2 Å². The minimum atomic E-state index is -0.573. The lowest BCUT2D eigenvalue weighted by Gasteiger charge is -2.30. The molecule has 19 heavy (non-hydrogen) atoms. The van der Waals surface area contributed by atoms with Crippen LogP contribution < -0.4 is 5.32 Å². The van der Waals surface area contributed by atoms with Gasteiger partial charge in [0.2, 0.25) is 5.91 Å². The third-order valence-corrected chi connectivity index (χ3v) is 2.98. The van der Waals surface area contributed by atoms with Crippen molar-refractivity contribution in [2.75, 3.05) is 13.6 Å². The van der Waals surface area contributed by atoms with Crippen LogP contribution in [-0.2, 0) is 11.3 Å². The summed E-state index contributed by atoms with van der Waals surface area (Å²) in [6.07, 6.45) is 0. The Morgan fingerprint density at radius 2 is 2.16 bits per heavy atom. The molecule has 1 aromatic carbocycles. The maximum absolute atomic E-state index is 12.3. The van der Waals surface area contributed by atoms with Gasteiger partial charge in [-0.3, -0.25) is 4.79 Å². The van der Waals surface area contributed by atoms with E-state index in [-0.39, 0.29) is 5.91 Å². The van der Waals surface area contributed by atoms with E-state index in [4.69, 9.17) is 5.26 Å². The minimum absolute atomic E-state index is 0.0386. The van der Waals surface area contributed by atoms with Gasteiger partial charge < -0.3 is 10.2 Å². The van der Waals surface area contributed by atoms with E-state index in [0.29, 0.717) is 12.1 Å². The van der Waals surface area contributed by atoms with E-state index < -0.39 is 5.54 Å². The second-order valence-electron chi connectivity index (χ2n) is 5.13. The van der Waals surface area contributed by atoms with Crippen molar-refractivity contribution in [3.05, 3.63) is 35.4 Å². The van der Waals surface area contributed by atoms with Gasteiger partial charge in [-0.25, -0.2) is 0 Å². The Labute approximate surface area is 115 Å². The zero-order chi connectivity index (χ0) is 14.5. The summed E-state index contributed by atoms with van der Waals surface area (Å²) in [4.78, 5) is 14.0. The molecule has 0 unspecified atom stereocenters. The Balaban J connectivity index is 2.76. The second kappa shape index (κ2) is 6.35. The molecule has 4 nitrogen and oxygen atoms in total. The molecule has 0 bridgehead atoms. The molecule has 0 atom stereocenters. The normalized spacial score (nSPS) is 10.9. The predicted octanol–water partition coefficient (Wildman–Crippen LogP) is 1.90. The summed E-state index contributed by atoms with van der Waals surface area (Å²) in [6, 6.07) is 9.43. The number of amides is 1. The van der Waals surface area contributed by atoms with Gasteiger partial charge in [-0.2, -0.15) is 5.26 Å². The summed E-state index contributed by atoms with van der Waals surface area (Å²) in [5.74, 6) is 0.0386. The molecular formula is C15H21N3O. The van der Waals surface area contributed by atoms with Crippen LogP contribution in [0.5, 0.6) is 0 Å². The number of carbonyl (C=O) groups is 1. The summed E-state index contributed by atoms with van der Waals surface area (Å²) < 4.78 is 0. The van der Waals surface area contributed by atoms with Crippen LogP contribution in [0.15, 0.2) is 24.3 Å². The molecule has 1 N–H and O–H groups in total. The fourth-order valence-corrected chi connectivity index (χ4v) is 2.08. The van der Waals surface area contributed by atoms with Crippen LogP contribution in [0.3, 0.4) is 0 Å². The van der Waals surface area contributed by atoms with Gasteiger partial charge in [0.05, 0.1) is 17.2 Å². The Hall–Kier alpha value is -1.86. The zero-order valence-electron chi connectivity index (χ0n) is 12.0. The van der Waals surface area contributed by atoms with Gasteiger partial charge in [0.15, 0.2) is 0 Å². The average molecular weight is 259 g/mol. The zero-order valence-corrected chi connectivity index (χ0v) is 12.0. The van der Waals surface area contributed by atoms with E-state index in [1.54, 1.807) is 18.0 Å². The maximum atomic E-state index is 12.3. The maximum Gasteiger partial charge on any atom is 0.242 e. The molecule has 102 valence electrons. The first-order valence-corrected chi connectivity index (χ1v) is 6.40. The van der Waals surface area contributed by atoms with Crippen molar-refractivity contribution in [2.45, 2.75) is 32.9 Å². The number of nitrogens with zero attached hydrogens (tertiary/aromatic N) is 2. The number of nitriles is 1. The molecule has 4 heteroatoms. The monoisotopic (exact) mass is 259 g/mol. The van der Waals surface area contributed by atoms with Crippen LogP contribution in [0, 0.1) is 11.3 Å². The molecule has 0 aliphatic heterocycles. The molecular weight excluding hydrogens is 238 g/mol. The third-order valence-electron chi connectivity index (χ3n) is 2.98. The van der Waals surface area contributed by atoms with Gasteiger partial charge in [-0.05, 0) is 38.1 Å². The number of likely N-dealkylation sites (N-methyl/N-ethyl adjacent to an activating group) is 2. The summed E-state index contributed by atoms with van der Waals surface area (Å²) >= 11 is 0. The lowest BCUT2D eigenvalue weighted by atomic mass is 10.0. The van der Waals surface area contributed by atoms with Gasteiger partial charge in [0, 0.05) is 13.6 Å². The molecule has 0 aliphatic rings. The van der Waals surface area contributed by atoms with Crippen molar-refractivity contribution in [3.63, 3.8) is 0 Å². The topological polar surface area (TPSA) is 56.1 Å².